The largest absolute Gasteiger partial charge is 0.481 e. The van der Waals surface area contributed by atoms with Gasteiger partial charge in [0.1, 0.15) is 5.82 Å². The summed E-state index contributed by atoms with van der Waals surface area (Å²) in [5.41, 5.74) is 0. The van der Waals surface area contributed by atoms with Gasteiger partial charge in [-0.25, -0.2) is 9.78 Å². The van der Waals surface area contributed by atoms with E-state index in [1.165, 1.54) is 0 Å². The van der Waals surface area contributed by atoms with Gasteiger partial charge in [-0.2, -0.15) is 0 Å². The van der Waals surface area contributed by atoms with Crippen molar-refractivity contribution in [1.82, 2.24) is 19.8 Å². The minimum Gasteiger partial charge on any atom is -0.481 e. The van der Waals surface area contributed by atoms with E-state index in [-0.39, 0.29) is 12.5 Å². The number of carbonyl (C=O) groups excluding carboxylic acids is 1. The highest BCUT2D eigenvalue weighted by Crippen LogP contribution is 2.01. The van der Waals surface area contributed by atoms with E-state index in [1.807, 2.05) is 17.8 Å². The van der Waals surface area contributed by atoms with Gasteiger partial charge < -0.3 is 19.9 Å². The number of carboxylic acid groups (broad SMARTS) is 1. The molecule has 2 N–H and O–H groups in total. The normalized spacial score (nSPS) is 10.3. The minimum atomic E-state index is -0.774. The van der Waals surface area contributed by atoms with Gasteiger partial charge in [-0.05, 0) is 12.8 Å². The van der Waals surface area contributed by atoms with Crippen LogP contribution in [0.5, 0.6) is 0 Å². The minimum absolute atomic E-state index is 0.147. The van der Waals surface area contributed by atoms with Gasteiger partial charge in [0.2, 0.25) is 0 Å². The summed E-state index contributed by atoms with van der Waals surface area (Å²) in [5.74, 6) is 0.0490. The lowest BCUT2D eigenvalue weighted by molar-refractivity contribution is -0.137. The van der Waals surface area contributed by atoms with Gasteiger partial charge >= 0.3 is 12.0 Å². The third kappa shape index (κ3) is 5.73. The van der Waals surface area contributed by atoms with Gasteiger partial charge in [-0.1, -0.05) is 6.42 Å². The van der Waals surface area contributed by atoms with Crippen LogP contribution < -0.4 is 5.32 Å². The van der Waals surface area contributed by atoms with Crippen LogP contribution in [0, 0.1) is 0 Å². The predicted octanol–water partition coefficient (Wildman–Crippen LogP) is 1.21. The molecule has 0 radical (unpaired) electrons. The molecule has 2 amide bonds. The maximum atomic E-state index is 11.8. The molecule has 7 nitrogen and oxygen atoms in total. The van der Waals surface area contributed by atoms with Crippen molar-refractivity contribution in [2.24, 2.45) is 7.05 Å². The first-order valence-electron chi connectivity index (χ1n) is 6.67. The number of nitrogens with zero attached hydrogens (tertiary/aromatic N) is 3. The average molecular weight is 282 g/mol. The van der Waals surface area contributed by atoms with Crippen LogP contribution >= 0.6 is 0 Å². The van der Waals surface area contributed by atoms with Crippen LogP contribution in [0.3, 0.4) is 0 Å². The van der Waals surface area contributed by atoms with Crippen molar-refractivity contribution in [2.45, 2.75) is 32.2 Å². The summed E-state index contributed by atoms with van der Waals surface area (Å²) >= 11 is 0. The number of aliphatic carboxylic acids is 1. The third-order valence-corrected chi connectivity index (χ3v) is 2.99. The zero-order chi connectivity index (χ0) is 15.0. The van der Waals surface area contributed by atoms with Crippen molar-refractivity contribution in [2.75, 3.05) is 13.6 Å². The fourth-order valence-electron chi connectivity index (χ4n) is 1.74. The molecule has 0 fully saturated rings. The van der Waals surface area contributed by atoms with E-state index < -0.39 is 5.97 Å². The molecule has 0 aliphatic heterocycles. The lowest BCUT2D eigenvalue weighted by Crippen LogP contribution is -2.37. The highest BCUT2D eigenvalue weighted by molar-refractivity contribution is 5.73. The molecule has 0 aliphatic carbocycles. The van der Waals surface area contributed by atoms with Gasteiger partial charge in [0.15, 0.2) is 0 Å². The highest BCUT2D eigenvalue weighted by atomic mass is 16.4. The van der Waals surface area contributed by atoms with E-state index >= 15 is 0 Å². The molecule has 20 heavy (non-hydrogen) atoms. The molecule has 1 heterocycles. The number of rotatable bonds is 8. The van der Waals surface area contributed by atoms with Crippen LogP contribution in [-0.4, -0.2) is 45.2 Å². The van der Waals surface area contributed by atoms with Crippen LogP contribution in [-0.2, 0) is 18.4 Å². The average Bonchev–Trinajstić information content (AvgIpc) is 2.78. The van der Waals surface area contributed by atoms with Gasteiger partial charge in [0.05, 0.1) is 6.54 Å². The van der Waals surface area contributed by atoms with Crippen molar-refractivity contribution in [3.63, 3.8) is 0 Å². The molecule has 0 aromatic carbocycles. The Morgan fingerprint density at radius 2 is 2.15 bits per heavy atom. The second-order valence-corrected chi connectivity index (χ2v) is 4.75. The molecule has 0 saturated carbocycles. The van der Waals surface area contributed by atoms with Crippen LogP contribution in [0.2, 0.25) is 0 Å². The number of unbranched alkanes of at least 4 members (excludes halogenated alkanes) is 2. The van der Waals surface area contributed by atoms with Crippen molar-refractivity contribution >= 4 is 12.0 Å². The Labute approximate surface area is 118 Å². The number of urea groups is 1. The van der Waals surface area contributed by atoms with Crippen molar-refractivity contribution in [3.8, 4) is 0 Å². The molecule has 1 aromatic heterocycles. The molecule has 0 unspecified atom stereocenters. The quantitative estimate of drug-likeness (QED) is 0.701. The molecule has 1 aromatic rings. The Hall–Kier alpha value is -2.05. The number of hydrogen-bond acceptors (Lipinski definition) is 3. The number of amides is 2. The molecule has 0 bridgehead atoms. The summed E-state index contributed by atoms with van der Waals surface area (Å²) in [6, 6.07) is -0.147. The summed E-state index contributed by atoms with van der Waals surface area (Å²) in [5, 5.41) is 11.3. The van der Waals surface area contributed by atoms with Crippen molar-refractivity contribution in [1.29, 1.82) is 0 Å². The molecule has 0 atom stereocenters. The van der Waals surface area contributed by atoms with Crippen LogP contribution in [0.1, 0.15) is 31.5 Å². The van der Waals surface area contributed by atoms with Crippen molar-refractivity contribution in [3.05, 3.63) is 18.2 Å². The Balaban J connectivity index is 2.16. The van der Waals surface area contributed by atoms with E-state index in [9.17, 15) is 9.59 Å². The van der Waals surface area contributed by atoms with Crippen LogP contribution in [0.15, 0.2) is 12.4 Å². The predicted molar refractivity (Wildman–Crippen MR) is 74.2 cm³/mol. The molecule has 1 rings (SSSR count). The first kappa shape index (κ1) is 16.0. The van der Waals surface area contributed by atoms with E-state index in [0.717, 1.165) is 18.7 Å². The maximum Gasteiger partial charge on any atom is 0.317 e. The Bertz CT molecular complexity index is 445. The number of nitrogens with one attached hydrogen (secondary N) is 1. The van der Waals surface area contributed by atoms with E-state index in [2.05, 4.69) is 10.3 Å². The summed E-state index contributed by atoms with van der Waals surface area (Å²) < 4.78 is 1.87. The molecule has 0 saturated heterocycles. The molecular weight excluding hydrogens is 260 g/mol. The summed E-state index contributed by atoms with van der Waals surface area (Å²) in [7, 11) is 3.60. The zero-order valence-corrected chi connectivity index (χ0v) is 12.0. The van der Waals surface area contributed by atoms with E-state index in [4.69, 9.17) is 5.11 Å². The van der Waals surface area contributed by atoms with Gasteiger partial charge in [-0.3, -0.25) is 4.79 Å². The Kier molecular flexibility index (Phi) is 6.55. The van der Waals surface area contributed by atoms with E-state index in [0.29, 0.717) is 19.5 Å². The maximum absolute atomic E-state index is 11.8. The van der Waals surface area contributed by atoms with Crippen LogP contribution in [0.25, 0.3) is 0 Å². The number of imidazole rings is 1. The van der Waals surface area contributed by atoms with Crippen molar-refractivity contribution < 1.29 is 14.7 Å². The lowest BCUT2D eigenvalue weighted by atomic mass is 10.2. The van der Waals surface area contributed by atoms with Gasteiger partial charge in [-0.15, -0.1) is 0 Å². The smallest absolute Gasteiger partial charge is 0.317 e. The zero-order valence-electron chi connectivity index (χ0n) is 12.0. The number of carbonyl (C=O) groups is 2. The SMILES string of the molecule is CN(Cc1nccn1C)C(=O)NCCCCCC(=O)O. The molecule has 7 heteroatoms. The molecule has 0 spiro atoms. The molecule has 0 aliphatic rings. The Morgan fingerprint density at radius 1 is 1.40 bits per heavy atom. The first-order valence-corrected chi connectivity index (χ1v) is 6.67. The lowest BCUT2D eigenvalue weighted by Gasteiger charge is -2.17. The van der Waals surface area contributed by atoms with Gasteiger partial charge in [0.25, 0.3) is 0 Å². The van der Waals surface area contributed by atoms with Crippen LogP contribution in [0.4, 0.5) is 4.79 Å². The van der Waals surface area contributed by atoms with E-state index in [1.54, 1.807) is 18.1 Å². The second kappa shape index (κ2) is 8.19. The first-order chi connectivity index (χ1) is 9.50. The van der Waals surface area contributed by atoms with Gasteiger partial charge in [0, 0.05) is 39.5 Å². The summed E-state index contributed by atoms with van der Waals surface area (Å²) in [4.78, 5) is 27.9. The second-order valence-electron chi connectivity index (χ2n) is 4.75. The fraction of sp³-hybridized carbons (Fsp3) is 0.615. The standard InChI is InChI=1S/C13H22N4O3/c1-16-9-8-14-11(16)10-17(2)13(20)15-7-5-3-4-6-12(18)19/h8-9H,3-7,10H2,1-2H3,(H,15,20)(H,18,19). The summed E-state index contributed by atoms with van der Waals surface area (Å²) in [6.07, 6.45) is 5.96. The number of aryl methyl sites for hydroxylation is 1. The number of hydrogen-bond donors (Lipinski definition) is 2. The molecule has 112 valence electrons. The monoisotopic (exact) mass is 282 g/mol. The third-order valence-electron chi connectivity index (χ3n) is 2.99. The fourth-order valence-corrected chi connectivity index (χ4v) is 1.74. The topological polar surface area (TPSA) is 87.5 Å². The number of carboxylic acids is 1. The Morgan fingerprint density at radius 3 is 2.75 bits per heavy atom. The highest BCUT2D eigenvalue weighted by Gasteiger charge is 2.10. The molecular formula is C13H22N4O3. The number of aromatic nitrogens is 2. The summed E-state index contributed by atoms with van der Waals surface area (Å²) in [6.45, 7) is 1.01.